The van der Waals surface area contributed by atoms with E-state index in [0.29, 0.717) is 17.7 Å². The molecule has 0 aromatic carbocycles. The number of ketones is 1. The summed E-state index contributed by atoms with van der Waals surface area (Å²) >= 11 is 1.17. The van der Waals surface area contributed by atoms with Crippen LogP contribution in [-0.2, 0) is 33.3 Å². The molecule has 4 aliphatic rings. The van der Waals surface area contributed by atoms with Crippen LogP contribution >= 0.6 is 11.3 Å². The van der Waals surface area contributed by atoms with E-state index in [0.717, 1.165) is 6.92 Å². The van der Waals surface area contributed by atoms with Gasteiger partial charge in [-0.3, -0.25) is 9.59 Å². The fourth-order valence-corrected chi connectivity index (χ4v) is 9.49. The number of aliphatic hydroxyl groups excluding tert-OH is 3. The molecule has 52 heavy (non-hydrogen) atoms. The van der Waals surface area contributed by atoms with Crippen molar-refractivity contribution < 1.29 is 152 Å². The molecule has 1 aromatic heterocycles. The molecule has 5 rings (SSSR count). The molecule has 1 saturated heterocycles. The number of thiophene rings is 1. The third kappa shape index (κ3) is 7.67. The smallest absolute Gasteiger partial charge is 0.408 e. The number of hydrogen-bond acceptors (Lipinski definition) is 14. The molecule has 6 N–H and O–H groups in total. The Bertz CT molecular complexity index is 1540. The van der Waals surface area contributed by atoms with Gasteiger partial charge >= 0.3 is 18.0 Å². The Morgan fingerprint density at radius 2 is 1.73 bits per heavy atom. The second-order valence-corrected chi connectivity index (χ2v) is 15.8. The summed E-state index contributed by atoms with van der Waals surface area (Å²) in [5.74, 6) is -4.37. The third-order valence-corrected chi connectivity index (χ3v) is 12.7. The van der Waals surface area contributed by atoms with E-state index in [-0.39, 0.29) is 118 Å². The van der Waals surface area contributed by atoms with Crippen molar-refractivity contribution in [3.05, 3.63) is 33.5 Å². The van der Waals surface area contributed by atoms with E-state index in [1.165, 1.54) is 25.2 Å². The summed E-state index contributed by atoms with van der Waals surface area (Å²) in [5.41, 5.74) is -7.33. The number of fused-ring (bicyclic) bond motifs is 5. The van der Waals surface area contributed by atoms with E-state index >= 15 is 0 Å². The second kappa shape index (κ2) is 17.2. The normalized spacial score (nSPS) is 35.8. The Kier molecular flexibility index (Phi) is 15.3. The zero-order chi connectivity index (χ0) is 37.1. The van der Waals surface area contributed by atoms with E-state index < -0.39 is 101 Å². The summed E-state index contributed by atoms with van der Waals surface area (Å²) in [6.07, 6.45) is -10.1. The van der Waals surface area contributed by atoms with Crippen molar-refractivity contribution in [2.75, 3.05) is 6.61 Å². The summed E-state index contributed by atoms with van der Waals surface area (Å²) in [7, 11) is 0. The molecule has 2 bridgehead atoms. The van der Waals surface area contributed by atoms with Crippen LogP contribution in [0.5, 0.6) is 0 Å². The van der Waals surface area contributed by atoms with Gasteiger partial charge in [0.05, 0.1) is 24.2 Å². The molecular formula is C35H49Ac2NO13S. The monoisotopic (exact) mass is 1180 g/mol. The predicted molar refractivity (Wildman–Crippen MR) is 176 cm³/mol. The fourth-order valence-electron chi connectivity index (χ4n) is 8.69. The molecule has 1 aliphatic heterocycles. The summed E-state index contributed by atoms with van der Waals surface area (Å²) in [6.45, 7) is 10.5. The average Bonchev–Trinajstić information content (AvgIpc) is 3.59. The SMILES string of the molecule is CCC(CC)OC(=O)N[C@@H](c1cccs1)[C@@H](O)C(=O)O[C@H]1C[C@@]2(O)[C@@H](OC(C)=O)[C@@H]3[C@]4(O)CO[C@@H]4C[C@H](O)[C@@]3(C)C(=O)[C@H](O)C(=C1C)C2(C)C.[Ac].[Ac]. The van der Waals surface area contributed by atoms with Gasteiger partial charge in [-0.1, -0.05) is 33.8 Å². The van der Waals surface area contributed by atoms with Crippen molar-refractivity contribution in [1.82, 2.24) is 5.32 Å². The number of aliphatic hydroxyl groups is 5. The number of carbonyl (C=O) groups excluding carboxylic acids is 4. The second-order valence-electron chi connectivity index (χ2n) is 14.8. The van der Waals surface area contributed by atoms with Crippen molar-refractivity contribution in [3.8, 4) is 0 Å². The molecule has 17 heteroatoms. The van der Waals surface area contributed by atoms with Crippen LogP contribution in [0, 0.1) is 105 Å². The Balaban J connectivity index is 0.00000364. The molecule has 2 radical (unpaired) electrons. The van der Waals surface area contributed by atoms with Gasteiger partial charge in [0.25, 0.3) is 0 Å². The maximum atomic E-state index is 14.4. The molecule has 0 unspecified atom stereocenters. The molecule has 2 heterocycles. The van der Waals surface area contributed by atoms with Crippen LogP contribution < -0.4 is 5.32 Å². The molecule has 0 spiro atoms. The number of esters is 2. The van der Waals surface area contributed by atoms with Crippen LogP contribution in [0.3, 0.4) is 0 Å². The molecule has 3 aliphatic carbocycles. The van der Waals surface area contributed by atoms with Crippen molar-refractivity contribution in [2.45, 2.75) is 134 Å². The number of ether oxygens (including phenoxy) is 4. The number of alkyl carbamates (subject to hydrolysis) is 1. The van der Waals surface area contributed by atoms with Crippen molar-refractivity contribution >= 4 is 35.2 Å². The van der Waals surface area contributed by atoms with Crippen LogP contribution in [0.1, 0.15) is 85.1 Å². The molecule has 2 saturated carbocycles. The number of hydrogen-bond donors (Lipinski definition) is 6. The zero-order valence-electron chi connectivity index (χ0n) is 30.5. The minimum Gasteiger partial charge on any atom is -0.459 e. The van der Waals surface area contributed by atoms with Gasteiger partial charge in [0, 0.05) is 124 Å². The summed E-state index contributed by atoms with van der Waals surface area (Å²) in [6, 6.07) is 2.01. The number of Topliss-reactive ketones (excluding diaryl/α,β-unsaturated/α-hetero) is 1. The summed E-state index contributed by atoms with van der Waals surface area (Å²) in [5, 5.41) is 63.7. The first kappa shape index (κ1) is 46.3. The van der Waals surface area contributed by atoms with Gasteiger partial charge in [-0.15, -0.1) is 11.3 Å². The number of carbonyl (C=O) groups is 4. The Morgan fingerprint density at radius 1 is 1.10 bits per heavy atom. The minimum absolute atomic E-state index is 0. The van der Waals surface area contributed by atoms with Gasteiger partial charge in [0.1, 0.15) is 41.7 Å². The van der Waals surface area contributed by atoms with E-state index in [4.69, 9.17) is 18.9 Å². The van der Waals surface area contributed by atoms with E-state index in [9.17, 15) is 44.7 Å². The number of rotatable bonds is 9. The van der Waals surface area contributed by atoms with E-state index in [2.05, 4.69) is 5.32 Å². The van der Waals surface area contributed by atoms with Crippen LogP contribution in [0.4, 0.5) is 4.79 Å². The topological polar surface area (TPSA) is 218 Å². The first-order valence-corrected chi connectivity index (χ1v) is 17.9. The summed E-state index contributed by atoms with van der Waals surface area (Å²) in [4.78, 5) is 54.1. The van der Waals surface area contributed by atoms with Gasteiger partial charge in [-0.05, 0) is 49.3 Å². The van der Waals surface area contributed by atoms with Crippen molar-refractivity contribution in [2.24, 2.45) is 16.7 Å². The Hall–Kier alpha value is -0.0369. The maximum absolute atomic E-state index is 14.4. The van der Waals surface area contributed by atoms with Gasteiger partial charge in [-0.25, -0.2) is 9.59 Å². The number of amides is 1. The molecule has 284 valence electrons. The standard InChI is InChI=1S/C35H49NO13S.2Ac/c1-8-18(9-2)48-31(43)36-24(20-11-10-12-50-20)26(40)30(42)49-19-14-35(45)29(47-17(4)37)27-33(7,21(38)13-22-34(27,44)15-46-22)28(41)25(39)23(16(19)3)32(35,5)6;;/h10-12,18-19,21-22,24-27,29,38-40,44-45H,8-9,13-15H2,1-7H3,(H,36,43);;/t19-,21-,22+,24-,25+,26+,27-,29-,33+,34-,35+;;/m0../s1. The van der Waals surface area contributed by atoms with Crippen LogP contribution in [0.15, 0.2) is 28.7 Å². The van der Waals surface area contributed by atoms with E-state index in [1.807, 2.05) is 13.8 Å². The van der Waals surface area contributed by atoms with Crippen molar-refractivity contribution in [1.29, 1.82) is 0 Å². The van der Waals surface area contributed by atoms with Gasteiger partial charge < -0.3 is 49.8 Å². The van der Waals surface area contributed by atoms with Crippen LogP contribution in [-0.4, -0.2) is 110 Å². The molecule has 1 amide bonds. The van der Waals surface area contributed by atoms with Crippen LogP contribution in [0.25, 0.3) is 0 Å². The molecular weight excluding hydrogens is 1130 g/mol. The Morgan fingerprint density at radius 3 is 2.25 bits per heavy atom. The van der Waals surface area contributed by atoms with Crippen LogP contribution in [0.2, 0.25) is 0 Å². The van der Waals surface area contributed by atoms with E-state index in [1.54, 1.807) is 31.4 Å². The quantitative estimate of drug-likeness (QED) is 0.118. The first-order valence-electron chi connectivity index (χ1n) is 17.0. The van der Waals surface area contributed by atoms with Gasteiger partial charge in [0.2, 0.25) is 0 Å². The molecule has 14 nitrogen and oxygen atoms in total. The maximum Gasteiger partial charge on any atom is 0.408 e. The molecule has 1 aromatic rings. The summed E-state index contributed by atoms with van der Waals surface area (Å²) < 4.78 is 22.7. The Labute approximate surface area is 378 Å². The van der Waals surface area contributed by atoms with Gasteiger partial charge in [0.15, 0.2) is 11.9 Å². The zero-order valence-corrected chi connectivity index (χ0v) is 40.8. The molecule has 11 atom stereocenters. The molecule has 3 fully saturated rings. The largest absolute Gasteiger partial charge is 0.459 e. The average molecular weight is 1180 g/mol. The first-order chi connectivity index (χ1) is 23.3. The third-order valence-electron chi connectivity index (χ3n) is 11.8. The van der Waals surface area contributed by atoms with Gasteiger partial charge in [-0.2, -0.15) is 0 Å². The fraction of sp³-hybridized carbons (Fsp3) is 0.714. The predicted octanol–water partition coefficient (Wildman–Crippen LogP) is 1.85. The van der Waals surface area contributed by atoms with Crippen molar-refractivity contribution in [3.63, 3.8) is 0 Å². The minimum atomic E-state index is -2.23. The number of nitrogens with one attached hydrogen (secondary N) is 1.